The monoisotopic (exact) mass is 341 g/mol. The second kappa shape index (κ2) is 7.23. The first kappa shape index (κ1) is 16.1. The van der Waals surface area contributed by atoms with Crippen LogP contribution in [0.25, 0.3) is 21.8 Å². The lowest BCUT2D eigenvalue weighted by molar-refractivity contribution is -0.121. The standard InChI is InChI=1S/C22H19N3O/c26-22(24-23-16-17-8-2-1-3-9-17)14-15-25-20-12-6-4-10-18(20)19-11-5-7-13-21(19)25/h1-13,16H,14-15H2,(H,24,26)/b23-16+. The Bertz CT molecular complexity index is 1030. The molecular weight excluding hydrogens is 322 g/mol. The van der Waals surface area contributed by atoms with Crippen molar-refractivity contribution in [1.29, 1.82) is 0 Å². The number of nitrogens with one attached hydrogen (secondary N) is 1. The third-order valence-corrected chi connectivity index (χ3v) is 4.44. The van der Waals surface area contributed by atoms with Crippen LogP contribution < -0.4 is 5.43 Å². The summed E-state index contributed by atoms with van der Waals surface area (Å²) in [5.41, 5.74) is 5.86. The molecule has 1 heterocycles. The first-order valence-electron chi connectivity index (χ1n) is 8.66. The summed E-state index contributed by atoms with van der Waals surface area (Å²) in [4.78, 5) is 12.2. The lowest BCUT2D eigenvalue weighted by atomic mass is 10.2. The quantitative estimate of drug-likeness (QED) is 0.426. The molecule has 1 aromatic heterocycles. The van der Waals surface area contributed by atoms with Crippen molar-refractivity contribution in [1.82, 2.24) is 9.99 Å². The molecule has 0 aliphatic rings. The number of para-hydroxylation sites is 2. The number of hydrazone groups is 1. The molecule has 0 bridgehead atoms. The SMILES string of the molecule is O=C(CCn1c2ccccc2c2ccccc21)N/N=C/c1ccccc1. The van der Waals surface area contributed by atoms with Crippen LogP contribution >= 0.6 is 0 Å². The molecule has 0 fully saturated rings. The topological polar surface area (TPSA) is 46.4 Å². The summed E-state index contributed by atoms with van der Waals surface area (Å²) < 4.78 is 2.20. The van der Waals surface area contributed by atoms with Crippen LogP contribution in [0.2, 0.25) is 0 Å². The molecule has 1 N–H and O–H groups in total. The number of aromatic nitrogens is 1. The number of hydrogen-bond acceptors (Lipinski definition) is 2. The van der Waals surface area contributed by atoms with Crippen LogP contribution in [-0.2, 0) is 11.3 Å². The van der Waals surface area contributed by atoms with Crippen LogP contribution in [0.1, 0.15) is 12.0 Å². The van der Waals surface area contributed by atoms with Gasteiger partial charge in [-0.25, -0.2) is 5.43 Å². The average Bonchev–Trinajstić information content (AvgIpc) is 3.01. The molecule has 4 heteroatoms. The summed E-state index contributed by atoms with van der Waals surface area (Å²) >= 11 is 0. The molecular formula is C22H19N3O. The highest BCUT2D eigenvalue weighted by atomic mass is 16.2. The lowest BCUT2D eigenvalue weighted by Gasteiger charge is -2.06. The molecule has 0 spiro atoms. The zero-order chi connectivity index (χ0) is 17.8. The van der Waals surface area contributed by atoms with Crippen LogP contribution in [0, 0.1) is 0 Å². The van der Waals surface area contributed by atoms with Gasteiger partial charge in [0.05, 0.1) is 6.21 Å². The van der Waals surface area contributed by atoms with Crippen LogP contribution in [-0.4, -0.2) is 16.7 Å². The Hall–Kier alpha value is -3.40. The average molecular weight is 341 g/mol. The van der Waals surface area contributed by atoms with E-state index in [9.17, 15) is 4.79 Å². The van der Waals surface area contributed by atoms with E-state index in [-0.39, 0.29) is 5.91 Å². The van der Waals surface area contributed by atoms with Gasteiger partial charge in [0, 0.05) is 34.8 Å². The Kier molecular flexibility index (Phi) is 4.48. The fraction of sp³-hybridized carbons (Fsp3) is 0.0909. The van der Waals surface area contributed by atoms with E-state index in [2.05, 4.69) is 39.4 Å². The van der Waals surface area contributed by atoms with Gasteiger partial charge in [-0.15, -0.1) is 0 Å². The van der Waals surface area contributed by atoms with Gasteiger partial charge in [0.2, 0.25) is 5.91 Å². The Balaban J connectivity index is 1.49. The van der Waals surface area contributed by atoms with Crippen molar-refractivity contribution in [2.24, 2.45) is 5.10 Å². The predicted octanol–water partition coefficient (Wildman–Crippen LogP) is 4.33. The molecule has 0 unspecified atom stereocenters. The Labute approximate surface area is 151 Å². The van der Waals surface area contributed by atoms with E-state index in [1.54, 1.807) is 6.21 Å². The largest absolute Gasteiger partial charge is 0.340 e. The number of amides is 1. The minimum absolute atomic E-state index is 0.0981. The zero-order valence-electron chi connectivity index (χ0n) is 14.3. The molecule has 1 amide bonds. The first-order chi connectivity index (χ1) is 12.8. The van der Waals surface area contributed by atoms with Gasteiger partial charge in [0.15, 0.2) is 0 Å². The Morgan fingerprint density at radius 2 is 1.42 bits per heavy atom. The molecule has 0 radical (unpaired) electrons. The smallest absolute Gasteiger partial charge is 0.241 e. The van der Waals surface area contributed by atoms with E-state index < -0.39 is 0 Å². The van der Waals surface area contributed by atoms with Gasteiger partial charge in [0.1, 0.15) is 0 Å². The van der Waals surface area contributed by atoms with Gasteiger partial charge >= 0.3 is 0 Å². The molecule has 4 aromatic rings. The number of hydrogen-bond donors (Lipinski definition) is 1. The van der Waals surface area contributed by atoms with Crippen molar-refractivity contribution in [2.45, 2.75) is 13.0 Å². The second-order valence-electron chi connectivity index (χ2n) is 6.14. The van der Waals surface area contributed by atoms with Crippen molar-refractivity contribution >= 4 is 33.9 Å². The molecule has 26 heavy (non-hydrogen) atoms. The first-order valence-corrected chi connectivity index (χ1v) is 8.66. The van der Waals surface area contributed by atoms with E-state index in [0.29, 0.717) is 13.0 Å². The zero-order valence-corrected chi connectivity index (χ0v) is 14.3. The van der Waals surface area contributed by atoms with Crippen LogP contribution in [0.3, 0.4) is 0 Å². The summed E-state index contributed by atoms with van der Waals surface area (Å²) in [7, 11) is 0. The van der Waals surface area contributed by atoms with Gasteiger partial charge in [-0.3, -0.25) is 4.79 Å². The van der Waals surface area contributed by atoms with Gasteiger partial charge in [-0.1, -0.05) is 66.7 Å². The van der Waals surface area contributed by atoms with Gasteiger partial charge < -0.3 is 4.57 Å². The van der Waals surface area contributed by atoms with E-state index in [0.717, 1.165) is 16.6 Å². The highest BCUT2D eigenvalue weighted by Gasteiger charge is 2.10. The number of carbonyl (C=O) groups excluding carboxylic acids is 1. The molecule has 0 atom stereocenters. The maximum atomic E-state index is 12.2. The highest BCUT2D eigenvalue weighted by molar-refractivity contribution is 6.08. The Morgan fingerprint density at radius 1 is 0.846 bits per heavy atom. The summed E-state index contributed by atoms with van der Waals surface area (Å²) in [6, 6.07) is 26.3. The fourth-order valence-corrected chi connectivity index (χ4v) is 3.23. The summed E-state index contributed by atoms with van der Waals surface area (Å²) in [5.74, 6) is -0.0981. The summed E-state index contributed by atoms with van der Waals surface area (Å²) in [6.07, 6.45) is 2.02. The lowest BCUT2D eigenvalue weighted by Crippen LogP contribution is -2.19. The molecule has 0 saturated heterocycles. The van der Waals surface area contributed by atoms with E-state index in [4.69, 9.17) is 0 Å². The van der Waals surface area contributed by atoms with Gasteiger partial charge in [-0.2, -0.15) is 5.10 Å². The van der Waals surface area contributed by atoms with Crippen LogP contribution in [0.4, 0.5) is 0 Å². The molecule has 3 aromatic carbocycles. The third-order valence-electron chi connectivity index (χ3n) is 4.44. The molecule has 4 rings (SSSR count). The van der Waals surface area contributed by atoms with Crippen molar-refractivity contribution in [3.05, 3.63) is 84.4 Å². The molecule has 0 aliphatic heterocycles. The number of nitrogens with zero attached hydrogens (tertiary/aromatic N) is 2. The number of rotatable bonds is 5. The minimum atomic E-state index is -0.0981. The maximum Gasteiger partial charge on any atom is 0.241 e. The van der Waals surface area contributed by atoms with Gasteiger partial charge in [0.25, 0.3) is 0 Å². The van der Waals surface area contributed by atoms with Crippen LogP contribution in [0.15, 0.2) is 84.0 Å². The number of aryl methyl sites for hydroxylation is 1. The van der Waals surface area contributed by atoms with Crippen molar-refractivity contribution in [3.63, 3.8) is 0 Å². The molecule has 128 valence electrons. The third kappa shape index (κ3) is 3.22. The molecule has 0 aliphatic carbocycles. The predicted molar refractivity (Wildman–Crippen MR) is 106 cm³/mol. The van der Waals surface area contributed by atoms with Crippen molar-refractivity contribution in [2.75, 3.05) is 0 Å². The fourth-order valence-electron chi connectivity index (χ4n) is 3.23. The normalized spacial score (nSPS) is 11.4. The van der Waals surface area contributed by atoms with Gasteiger partial charge in [-0.05, 0) is 17.7 Å². The summed E-state index contributed by atoms with van der Waals surface area (Å²) in [6.45, 7) is 0.612. The molecule has 0 saturated carbocycles. The van der Waals surface area contributed by atoms with Crippen LogP contribution in [0.5, 0.6) is 0 Å². The van der Waals surface area contributed by atoms with Crippen molar-refractivity contribution < 1.29 is 4.79 Å². The minimum Gasteiger partial charge on any atom is -0.340 e. The van der Waals surface area contributed by atoms with E-state index in [1.165, 1.54) is 10.8 Å². The maximum absolute atomic E-state index is 12.2. The molecule has 4 nitrogen and oxygen atoms in total. The second-order valence-corrected chi connectivity index (χ2v) is 6.14. The number of carbonyl (C=O) groups is 1. The van der Waals surface area contributed by atoms with E-state index in [1.807, 2.05) is 54.6 Å². The van der Waals surface area contributed by atoms with E-state index >= 15 is 0 Å². The highest BCUT2D eigenvalue weighted by Crippen LogP contribution is 2.28. The van der Waals surface area contributed by atoms with Crippen molar-refractivity contribution in [3.8, 4) is 0 Å². The summed E-state index contributed by atoms with van der Waals surface area (Å²) in [5, 5.41) is 6.46. The number of benzene rings is 3. The number of fused-ring (bicyclic) bond motifs is 3. The Morgan fingerprint density at radius 3 is 2.08 bits per heavy atom.